The van der Waals surface area contributed by atoms with Gasteiger partial charge >= 0.3 is 0 Å². The van der Waals surface area contributed by atoms with E-state index in [1.54, 1.807) is 36.5 Å². The van der Waals surface area contributed by atoms with Gasteiger partial charge in [-0.2, -0.15) is 0 Å². The van der Waals surface area contributed by atoms with E-state index in [4.69, 9.17) is 0 Å². The minimum Gasteiger partial charge on any atom is -0.361 e. The van der Waals surface area contributed by atoms with Gasteiger partial charge in [-0.05, 0) is 24.3 Å². The Morgan fingerprint density at radius 3 is 2.40 bits per heavy atom. The van der Waals surface area contributed by atoms with Gasteiger partial charge in [-0.3, -0.25) is 19.3 Å². The molecule has 4 rings (SSSR count). The van der Waals surface area contributed by atoms with E-state index in [1.807, 2.05) is 18.2 Å². The molecular weight excluding hydrogens is 318 g/mol. The molecule has 0 aliphatic carbocycles. The molecule has 0 atom stereocenters. The lowest BCUT2D eigenvalue weighted by Crippen LogP contribution is -2.38. The van der Waals surface area contributed by atoms with Gasteiger partial charge in [-0.15, -0.1) is 0 Å². The van der Waals surface area contributed by atoms with Crippen LogP contribution in [0.15, 0.2) is 54.7 Å². The largest absolute Gasteiger partial charge is 0.361 e. The highest BCUT2D eigenvalue weighted by Crippen LogP contribution is 2.22. The van der Waals surface area contributed by atoms with Crippen molar-refractivity contribution in [3.8, 4) is 0 Å². The number of carbonyl (C=O) groups is 3. The molecule has 0 spiro atoms. The molecule has 1 aliphatic rings. The fourth-order valence-corrected chi connectivity index (χ4v) is 3.09. The second-order valence-electron chi connectivity index (χ2n) is 5.81. The van der Waals surface area contributed by atoms with Gasteiger partial charge in [-0.1, -0.05) is 24.3 Å². The number of hydrogen-bond acceptors (Lipinski definition) is 3. The van der Waals surface area contributed by atoms with E-state index in [0.29, 0.717) is 16.7 Å². The predicted molar refractivity (Wildman–Crippen MR) is 92.4 cm³/mol. The lowest BCUT2D eigenvalue weighted by molar-refractivity contribution is 0.0650. The van der Waals surface area contributed by atoms with Crippen LogP contribution in [0.3, 0.4) is 0 Å². The summed E-state index contributed by atoms with van der Waals surface area (Å²) in [4.78, 5) is 41.2. The van der Waals surface area contributed by atoms with Gasteiger partial charge in [0.05, 0.1) is 22.2 Å². The molecule has 3 aromatic rings. The number of para-hydroxylation sites is 1. The highest BCUT2D eigenvalue weighted by atomic mass is 16.2. The molecule has 1 aromatic heterocycles. The van der Waals surface area contributed by atoms with E-state index in [-0.39, 0.29) is 30.8 Å². The Kier molecular flexibility index (Phi) is 3.57. The Morgan fingerprint density at radius 2 is 1.68 bits per heavy atom. The summed E-state index contributed by atoms with van der Waals surface area (Å²) in [5.74, 6) is -0.882. The minimum absolute atomic E-state index is 0.138. The summed E-state index contributed by atoms with van der Waals surface area (Å²) in [6.07, 6.45) is 1.78. The SMILES string of the molecule is O=C(NCCN1C(=O)c2ccccc2C1=O)c1cccc2cc[nH]c12. The highest BCUT2D eigenvalue weighted by Gasteiger charge is 2.34. The summed E-state index contributed by atoms with van der Waals surface area (Å²) < 4.78 is 0. The maximum Gasteiger partial charge on any atom is 0.261 e. The Hall–Kier alpha value is -3.41. The molecule has 6 heteroatoms. The number of aromatic nitrogens is 1. The second kappa shape index (κ2) is 5.90. The number of rotatable bonds is 4. The molecule has 2 aromatic carbocycles. The van der Waals surface area contributed by atoms with Crippen molar-refractivity contribution in [1.82, 2.24) is 15.2 Å². The van der Waals surface area contributed by atoms with Crippen LogP contribution < -0.4 is 5.32 Å². The van der Waals surface area contributed by atoms with E-state index in [0.717, 1.165) is 10.9 Å². The van der Waals surface area contributed by atoms with E-state index in [2.05, 4.69) is 10.3 Å². The number of amides is 3. The number of nitrogens with one attached hydrogen (secondary N) is 2. The van der Waals surface area contributed by atoms with Crippen molar-refractivity contribution in [3.63, 3.8) is 0 Å². The maximum absolute atomic E-state index is 12.4. The van der Waals surface area contributed by atoms with Gasteiger partial charge in [0.15, 0.2) is 0 Å². The Balaban J connectivity index is 1.43. The Morgan fingerprint density at radius 1 is 0.960 bits per heavy atom. The van der Waals surface area contributed by atoms with Crippen LogP contribution in [0.2, 0.25) is 0 Å². The average molecular weight is 333 g/mol. The first-order valence-corrected chi connectivity index (χ1v) is 7.96. The number of aromatic amines is 1. The molecule has 1 aliphatic heterocycles. The predicted octanol–water partition coefficient (Wildman–Crippen LogP) is 2.19. The second-order valence-corrected chi connectivity index (χ2v) is 5.81. The molecule has 6 nitrogen and oxygen atoms in total. The van der Waals surface area contributed by atoms with Crippen LogP contribution in [0.4, 0.5) is 0 Å². The van der Waals surface area contributed by atoms with Crippen molar-refractivity contribution in [2.24, 2.45) is 0 Å². The number of H-pyrrole nitrogens is 1. The topological polar surface area (TPSA) is 82.3 Å². The molecule has 25 heavy (non-hydrogen) atoms. The number of benzene rings is 2. The fraction of sp³-hybridized carbons (Fsp3) is 0.105. The van der Waals surface area contributed by atoms with Crippen molar-refractivity contribution >= 4 is 28.6 Å². The molecule has 3 amide bonds. The van der Waals surface area contributed by atoms with Gasteiger partial charge in [0.25, 0.3) is 17.7 Å². The first kappa shape index (κ1) is 15.1. The monoisotopic (exact) mass is 333 g/mol. The van der Waals surface area contributed by atoms with Gasteiger partial charge < -0.3 is 10.3 Å². The fourth-order valence-electron chi connectivity index (χ4n) is 3.09. The molecule has 0 radical (unpaired) electrons. The third kappa shape index (κ3) is 2.48. The molecule has 0 unspecified atom stereocenters. The molecule has 0 fully saturated rings. The zero-order chi connectivity index (χ0) is 17.4. The lowest BCUT2D eigenvalue weighted by Gasteiger charge is -2.14. The van der Waals surface area contributed by atoms with E-state index < -0.39 is 0 Å². The third-order valence-corrected chi connectivity index (χ3v) is 4.33. The zero-order valence-electron chi connectivity index (χ0n) is 13.3. The molecule has 2 heterocycles. The van der Waals surface area contributed by atoms with E-state index >= 15 is 0 Å². The minimum atomic E-state index is -0.318. The van der Waals surface area contributed by atoms with Crippen molar-refractivity contribution < 1.29 is 14.4 Å². The highest BCUT2D eigenvalue weighted by molar-refractivity contribution is 6.21. The van der Waals surface area contributed by atoms with Crippen LogP contribution in [0.1, 0.15) is 31.1 Å². The number of fused-ring (bicyclic) bond motifs is 2. The Bertz CT molecular complexity index is 971. The molecule has 0 saturated heterocycles. The van der Waals surface area contributed by atoms with Gasteiger partial charge in [-0.25, -0.2) is 0 Å². The summed E-state index contributed by atoms with van der Waals surface area (Å²) >= 11 is 0. The van der Waals surface area contributed by atoms with Crippen LogP contribution in [0, 0.1) is 0 Å². The van der Waals surface area contributed by atoms with Crippen LogP contribution in [0.25, 0.3) is 10.9 Å². The van der Waals surface area contributed by atoms with Crippen LogP contribution in [0.5, 0.6) is 0 Å². The average Bonchev–Trinajstić information content (AvgIpc) is 3.20. The van der Waals surface area contributed by atoms with Crippen LogP contribution in [-0.4, -0.2) is 40.7 Å². The standard InChI is InChI=1S/C19H15N3O3/c23-17(15-7-3-4-12-8-9-20-16(12)15)21-10-11-22-18(24)13-5-1-2-6-14(13)19(22)25/h1-9,20H,10-11H2,(H,21,23). The smallest absolute Gasteiger partial charge is 0.261 e. The molecule has 0 saturated carbocycles. The summed E-state index contributed by atoms with van der Waals surface area (Å²) in [6, 6.07) is 14.1. The van der Waals surface area contributed by atoms with Crippen molar-refractivity contribution in [3.05, 3.63) is 71.4 Å². The van der Waals surface area contributed by atoms with Crippen LogP contribution >= 0.6 is 0 Å². The Labute approximate surface area is 143 Å². The van der Waals surface area contributed by atoms with Gasteiger partial charge in [0.1, 0.15) is 0 Å². The normalized spacial score (nSPS) is 13.4. The maximum atomic E-state index is 12.4. The first-order valence-electron chi connectivity index (χ1n) is 7.96. The summed E-state index contributed by atoms with van der Waals surface area (Å²) in [6.45, 7) is 0.334. The third-order valence-electron chi connectivity index (χ3n) is 4.33. The van der Waals surface area contributed by atoms with E-state index in [9.17, 15) is 14.4 Å². The van der Waals surface area contributed by atoms with Crippen molar-refractivity contribution in [2.45, 2.75) is 0 Å². The molecule has 2 N–H and O–H groups in total. The molecule has 124 valence electrons. The van der Waals surface area contributed by atoms with Crippen molar-refractivity contribution in [2.75, 3.05) is 13.1 Å². The quantitative estimate of drug-likeness (QED) is 0.718. The van der Waals surface area contributed by atoms with E-state index in [1.165, 1.54) is 4.90 Å². The van der Waals surface area contributed by atoms with Gasteiger partial charge in [0.2, 0.25) is 0 Å². The van der Waals surface area contributed by atoms with Gasteiger partial charge in [0, 0.05) is 24.7 Å². The summed E-state index contributed by atoms with van der Waals surface area (Å²) in [5.41, 5.74) is 2.12. The van der Waals surface area contributed by atoms with Crippen LogP contribution in [-0.2, 0) is 0 Å². The summed E-state index contributed by atoms with van der Waals surface area (Å²) in [7, 11) is 0. The molecular formula is C19H15N3O3. The lowest BCUT2D eigenvalue weighted by atomic mass is 10.1. The summed E-state index contributed by atoms with van der Waals surface area (Å²) in [5, 5.41) is 3.72. The molecule has 0 bridgehead atoms. The number of hydrogen-bond donors (Lipinski definition) is 2. The number of nitrogens with zero attached hydrogens (tertiary/aromatic N) is 1. The number of carbonyl (C=O) groups excluding carboxylic acids is 3. The van der Waals surface area contributed by atoms with Crippen molar-refractivity contribution in [1.29, 1.82) is 0 Å². The zero-order valence-corrected chi connectivity index (χ0v) is 13.3. The number of imide groups is 1. The first-order chi connectivity index (χ1) is 12.2.